The van der Waals surface area contributed by atoms with Crippen LogP contribution in [0.1, 0.15) is 50.4 Å². The summed E-state index contributed by atoms with van der Waals surface area (Å²) in [6, 6.07) is 20.0. The van der Waals surface area contributed by atoms with Crippen LogP contribution in [0.4, 0.5) is 4.79 Å². The van der Waals surface area contributed by atoms with E-state index in [9.17, 15) is 4.79 Å². The zero-order valence-corrected chi connectivity index (χ0v) is 22.4. The van der Waals surface area contributed by atoms with E-state index < -0.39 is 24.4 Å². The molecule has 1 aliphatic heterocycles. The lowest BCUT2D eigenvalue weighted by atomic mass is 9.77. The molecular weight excluding hydrogens is 481 g/mol. The molecule has 38 heavy (non-hydrogen) atoms. The number of alkyl carbamates (subject to hydrolysis) is 1. The Morgan fingerprint density at radius 3 is 2.11 bits per heavy atom. The van der Waals surface area contributed by atoms with Crippen molar-refractivity contribution in [2.24, 2.45) is 0 Å². The van der Waals surface area contributed by atoms with Crippen LogP contribution in [0.25, 0.3) is 17.2 Å². The molecule has 1 saturated heterocycles. The van der Waals surface area contributed by atoms with Crippen molar-refractivity contribution in [2.45, 2.75) is 44.8 Å². The molecule has 8 nitrogen and oxygen atoms in total. The number of nitrogens with zero attached hydrogens (tertiary/aromatic N) is 2. The van der Waals surface area contributed by atoms with E-state index in [1.165, 1.54) is 18.2 Å². The number of nitrogens with one attached hydrogen (secondary N) is 1. The van der Waals surface area contributed by atoms with Crippen LogP contribution in [0.3, 0.4) is 0 Å². The monoisotopic (exact) mass is 513 g/mol. The number of carbonyl (C=O) groups is 1. The van der Waals surface area contributed by atoms with Crippen LogP contribution in [-0.4, -0.2) is 54.9 Å². The lowest BCUT2D eigenvalue weighted by Gasteiger charge is -2.32. The number of benzene rings is 2. The molecule has 9 heteroatoms. The van der Waals surface area contributed by atoms with Crippen molar-refractivity contribution in [1.82, 2.24) is 15.5 Å². The minimum atomic E-state index is -0.669. The first kappa shape index (κ1) is 25.9. The Balaban J connectivity index is 1.29. The summed E-state index contributed by atoms with van der Waals surface area (Å²) in [4.78, 5) is 12.8. The Kier molecular flexibility index (Phi) is 6.98. The SMILES string of the molecule is COc1ccc(C=C(CNC(=O)OCC2c3ccccc3-c3ccccc32)B2OC(C)(C)C(C)(C)O2)nn1. The number of amides is 1. The number of rotatable bonds is 7. The van der Waals surface area contributed by atoms with Gasteiger partial charge >= 0.3 is 13.2 Å². The zero-order chi connectivity index (χ0) is 26.9. The lowest BCUT2D eigenvalue weighted by Crippen LogP contribution is -2.41. The van der Waals surface area contributed by atoms with Crippen LogP contribution in [-0.2, 0) is 14.0 Å². The highest BCUT2D eigenvalue weighted by atomic mass is 16.7. The van der Waals surface area contributed by atoms with Gasteiger partial charge in [-0.25, -0.2) is 4.79 Å². The molecule has 1 aromatic heterocycles. The van der Waals surface area contributed by atoms with Crippen LogP contribution < -0.4 is 10.1 Å². The van der Waals surface area contributed by atoms with E-state index in [-0.39, 0.29) is 19.1 Å². The van der Waals surface area contributed by atoms with Crippen molar-refractivity contribution in [3.8, 4) is 17.0 Å². The lowest BCUT2D eigenvalue weighted by molar-refractivity contribution is 0.00578. The molecule has 0 bridgehead atoms. The molecule has 2 heterocycles. The van der Waals surface area contributed by atoms with Gasteiger partial charge in [-0.2, -0.15) is 0 Å². The molecule has 0 radical (unpaired) electrons. The average molecular weight is 513 g/mol. The Hall–Kier alpha value is -3.69. The van der Waals surface area contributed by atoms with Gasteiger partial charge in [0.25, 0.3) is 0 Å². The van der Waals surface area contributed by atoms with E-state index in [0.717, 1.165) is 11.1 Å². The van der Waals surface area contributed by atoms with Crippen molar-refractivity contribution in [3.63, 3.8) is 0 Å². The van der Waals surface area contributed by atoms with Crippen LogP contribution >= 0.6 is 0 Å². The maximum Gasteiger partial charge on any atom is 0.492 e. The highest BCUT2D eigenvalue weighted by Crippen LogP contribution is 2.44. The Morgan fingerprint density at radius 1 is 0.947 bits per heavy atom. The molecule has 1 amide bonds. The van der Waals surface area contributed by atoms with Gasteiger partial charge in [-0.1, -0.05) is 48.5 Å². The average Bonchev–Trinajstić information content (AvgIpc) is 3.34. The largest absolute Gasteiger partial charge is 0.492 e. The van der Waals surface area contributed by atoms with Crippen molar-refractivity contribution < 1.29 is 23.6 Å². The van der Waals surface area contributed by atoms with E-state index in [2.05, 4.69) is 39.8 Å². The van der Waals surface area contributed by atoms with Crippen LogP contribution in [0.2, 0.25) is 0 Å². The van der Waals surface area contributed by atoms with Gasteiger partial charge in [0.15, 0.2) is 0 Å². The van der Waals surface area contributed by atoms with E-state index in [0.29, 0.717) is 17.0 Å². The van der Waals surface area contributed by atoms with Crippen molar-refractivity contribution in [2.75, 3.05) is 20.3 Å². The second-order valence-electron chi connectivity index (χ2n) is 10.5. The fraction of sp³-hybridized carbons (Fsp3) is 0.345. The quantitative estimate of drug-likeness (QED) is 0.443. The summed E-state index contributed by atoms with van der Waals surface area (Å²) in [6.07, 6.45) is 1.29. The minimum absolute atomic E-state index is 0.0131. The summed E-state index contributed by atoms with van der Waals surface area (Å²) in [5.74, 6) is 0.400. The van der Waals surface area contributed by atoms with Crippen LogP contribution in [0.5, 0.6) is 5.88 Å². The Labute approximate surface area is 223 Å². The number of fused-ring (bicyclic) bond motifs is 3. The normalized spacial score (nSPS) is 17.6. The molecule has 0 saturated carbocycles. The third-order valence-corrected chi connectivity index (χ3v) is 7.54. The zero-order valence-electron chi connectivity index (χ0n) is 22.4. The minimum Gasteiger partial charge on any atom is -0.480 e. The molecular formula is C29H32BN3O5. The van der Waals surface area contributed by atoms with Gasteiger partial charge in [0, 0.05) is 18.5 Å². The van der Waals surface area contributed by atoms with Gasteiger partial charge in [0.2, 0.25) is 5.88 Å². The molecule has 2 aromatic carbocycles. The number of ether oxygens (including phenoxy) is 2. The molecule has 3 aromatic rings. The van der Waals surface area contributed by atoms with Gasteiger partial charge in [-0.15, -0.1) is 10.2 Å². The molecule has 0 unspecified atom stereocenters. The van der Waals surface area contributed by atoms with Gasteiger partial charge in [-0.3, -0.25) is 0 Å². The van der Waals surface area contributed by atoms with Gasteiger partial charge < -0.3 is 24.1 Å². The number of carbonyl (C=O) groups excluding carboxylic acids is 1. The summed E-state index contributed by atoms with van der Waals surface area (Å²) in [6.45, 7) is 8.32. The van der Waals surface area contributed by atoms with Crippen LogP contribution in [0.15, 0.2) is 66.1 Å². The van der Waals surface area contributed by atoms with E-state index in [1.54, 1.807) is 18.2 Å². The first-order valence-corrected chi connectivity index (χ1v) is 12.7. The Morgan fingerprint density at radius 2 is 1.55 bits per heavy atom. The number of methoxy groups -OCH3 is 1. The third kappa shape index (κ3) is 5.04. The smallest absolute Gasteiger partial charge is 0.480 e. The van der Waals surface area contributed by atoms with E-state index in [4.69, 9.17) is 18.8 Å². The summed E-state index contributed by atoms with van der Waals surface area (Å²) in [7, 11) is 0.867. The van der Waals surface area contributed by atoms with Crippen molar-refractivity contribution in [3.05, 3.63) is 83.0 Å². The molecule has 1 N–H and O–H groups in total. The highest BCUT2D eigenvalue weighted by Gasteiger charge is 2.52. The summed E-state index contributed by atoms with van der Waals surface area (Å²) >= 11 is 0. The molecule has 5 rings (SSSR count). The number of hydrogen-bond donors (Lipinski definition) is 1. The van der Waals surface area contributed by atoms with Crippen molar-refractivity contribution in [1.29, 1.82) is 0 Å². The van der Waals surface area contributed by atoms with Gasteiger partial charge in [0.05, 0.1) is 24.0 Å². The second-order valence-corrected chi connectivity index (χ2v) is 10.5. The maximum absolute atomic E-state index is 12.8. The molecule has 1 fully saturated rings. The molecule has 196 valence electrons. The molecule has 1 aliphatic carbocycles. The van der Waals surface area contributed by atoms with E-state index >= 15 is 0 Å². The fourth-order valence-corrected chi connectivity index (χ4v) is 4.73. The topological polar surface area (TPSA) is 91.8 Å². The Bertz CT molecular complexity index is 1290. The predicted molar refractivity (Wildman–Crippen MR) is 146 cm³/mol. The third-order valence-electron chi connectivity index (χ3n) is 7.54. The molecule has 0 spiro atoms. The number of hydrogen-bond acceptors (Lipinski definition) is 7. The molecule has 0 atom stereocenters. The van der Waals surface area contributed by atoms with Crippen LogP contribution in [0, 0.1) is 0 Å². The first-order chi connectivity index (χ1) is 18.2. The summed E-state index contributed by atoms with van der Waals surface area (Å²) < 4.78 is 23.3. The van der Waals surface area contributed by atoms with E-state index in [1.807, 2.05) is 52.0 Å². The number of aromatic nitrogens is 2. The maximum atomic E-state index is 12.8. The molecule has 2 aliphatic rings. The predicted octanol–water partition coefficient (Wildman–Crippen LogP) is 5.04. The highest BCUT2D eigenvalue weighted by molar-refractivity contribution is 6.56. The van der Waals surface area contributed by atoms with Gasteiger partial charge in [0.1, 0.15) is 6.61 Å². The first-order valence-electron chi connectivity index (χ1n) is 12.7. The van der Waals surface area contributed by atoms with Crippen molar-refractivity contribution >= 4 is 19.3 Å². The summed E-state index contributed by atoms with van der Waals surface area (Å²) in [5, 5.41) is 11.1. The standard InChI is InChI=1S/C29H32BN3O5/c1-28(2)29(3,4)38-30(37-28)19(16-20-14-15-26(35-5)33-32-20)17-31-27(34)36-18-25-23-12-8-6-10-21(23)22-11-7-9-13-24(22)25/h6-16,25H,17-18H2,1-5H3,(H,31,34). The second kappa shape index (κ2) is 10.2. The summed E-state index contributed by atoms with van der Waals surface area (Å²) in [5.41, 5.74) is 4.90. The van der Waals surface area contributed by atoms with Gasteiger partial charge in [-0.05, 0) is 67.6 Å². The fourth-order valence-electron chi connectivity index (χ4n) is 4.73.